The zero-order valence-electron chi connectivity index (χ0n) is 7.58. The molecule has 0 heterocycles. The van der Waals surface area contributed by atoms with Crippen molar-refractivity contribution in [2.24, 2.45) is 0 Å². The molecule has 0 aromatic carbocycles. The predicted molar refractivity (Wildman–Crippen MR) is 48.5 cm³/mol. The number of hydrogen-bond donors (Lipinski definition) is 2. The van der Waals surface area contributed by atoms with Crippen molar-refractivity contribution in [2.75, 3.05) is 6.54 Å². The summed E-state index contributed by atoms with van der Waals surface area (Å²) in [6.45, 7) is 4.38. The fourth-order valence-corrected chi connectivity index (χ4v) is 1.65. The number of nitrogens with one attached hydrogen (secondary N) is 1. The van der Waals surface area contributed by atoms with E-state index in [0.717, 1.165) is 12.8 Å². The van der Waals surface area contributed by atoms with Crippen molar-refractivity contribution < 1.29 is 13.0 Å². The predicted octanol–water partition coefficient (Wildman–Crippen LogP) is 1.00. The second kappa shape index (κ2) is 5.50. The highest BCUT2D eigenvalue weighted by Gasteiger charge is 2.18. The molecule has 4 nitrogen and oxygen atoms in total. The second-order valence-corrected chi connectivity index (χ2v) is 4.32. The molecule has 0 rings (SSSR count). The minimum atomic E-state index is -3.91. The largest absolute Gasteiger partial charge is 0.299 e. The molecule has 0 radical (unpaired) electrons. The van der Waals surface area contributed by atoms with Crippen molar-refractivity contribution in [1.29, 1.82) is 0 Å². The highest BCUT2D eigenvalue weighted by molar-refractivity contribution is 7.86. The lowest BCUT2D eigenvalue weighted by Gasteiger charge is -2.12. The van der Waals surface area contributed by atoms with E-state index in [1.165, 1.54) is 0 Å². The third kappa shape index (κ3) is 4.69. The molecule has 5 heteroatoms. The molecule has 0 spiro atoms. The van der Waals surface area contributed by atoms with Gasteiger partial charge in [0.1, 0.15) is 5.37 Å². The second-order valence-electron chi connectivity index (χ2n) is 2.72. The maximum atomic E-state index is 10.6. The third-order valence-corrected chi connectivity index (χ3v) is 2.85. The van der Waals surface area contributed by atoms with E-state index in [2.05, 4.69) is 5.32 Å². The fraction of sp³-hybridized carbons (Fsp3) is 1.00. The van der Waals surface area contributed by atoms with Crippen LogP contribution < -0.4 is 5.32 Å². The normalized spacial score (nSPS) is 14.6. The van der Waals surface area contributed by atoms with E-state index in [9.17, 15) is 8.42 Å². The van der Waals surface area contributed by atoms with Gasteiger partial charge in [0.25, 0.3) is 10.1 Å². The Morgan fingerprint density at radius 1 is 1.42 bits per heavy atom. The van der Waals surface area contributed by atoms with Crippen molar-refractivity contribution >= 4 is 10.1 Å². The van der Waals surface area contributed by atoms with Crippen LogP contribution >= 0.6 is 0 Å². The van der Waals surface area contributed by atoms with E-state index in [1.54, 1.807) is 6.92 Å². The maximum absolute atomic E-state index is 10.6. The van der Waals surface area contributed by atoms with Gasteiger partial charge in [-0.15, -0.1) is 0 Å². The van der Waals surface area contributed by atoms with Gasteiger partial charge in [0, 0.05) is 0 Å². The van der Waals surface area contributed by atoms with Gasteiger partial charge in [0.05, 0.1) is 0 Å². The van der Waals surface area contributed by atoms with Gasteiger partial charge in [-0.2, -0.15) is 8.42 Å². The standard InChI is InChI=1S/C7H17NO3S/c1-3-5-6-8-7(4-2)12(9,10)11/h7-8H,3-6H2,1-2H3,(H,9,10,11). The van der Waals surface area contributed by atoms with Crippen LogP contribution in [0.2, 0.25) is 0 Å². The zero-order chi connectivity index (χ0) is 9.61. The fourth-order valence-electron chi connectivity index (χ4n) is 0.900. The Bertz CT molecular complexity index is 201. The maximum Gasteiger partial charge on any atom is 0.281 e. The molecule has 0 aliphatic heterocycles. The summed E-state index contributed by atoms with van der Waals surface area (Å²) in [7, 11) is -3.91. The average Bonchev–Trinajstić information content (AvgIpc) is 1.95. The van der Waals surface area contributed by atoms with Crippen LogP contribution in [0.5, 0.6) is 0 Å². The van der Waals surface area contributed by atoms with Gasteiger partial charge in [0.2, 0.25) is 0 Å². The van der Waals surface area contributed by atoms with Gasteiger partial charge in [-0.3, -0.25) is 9.87 Å². The molecular weight excluding hydrogens is 178 g/mol. The van der Waals surface area contributed by atoms with E-state index >= 15 is 0 Å². The highest BCUT2D eigenvalue weighted by atomic mass is 32.2. The lowest BCUT2D eigenvalue weighted by atomic mass is 10.3. The molecular formula is C7H17NO3S. The van der Waals surface area contributed by atoms with E-state index in [-0.39, 0.29) is 0 Å². The summed E-state index contributed by atoms with van der Waals surface area (Å²) in [6, 6.07) is 0. The van der Waals surface area contributed by atoms with Gasteiger partial charge in [-0.05, 0) is 19.4 Å². The highest BCUT2D eigenvalue weighted by Crippen LogP contribution is 1.99. The molecule has 0 aromatic heterocycles. The summed E-state index contributed by atoms with van der Waals surface area (Å²) >= 11 is 0. The molecule has 0 fully saturated rings. The minimum absolute atomic E-state index is 0.391. The molecule has 12 heavy (non-hydrogen) atoms. The van der Waals surface area contributed by atoms with Crippen LogP contribution in [-0.2, 0) is 10.1 Å². The molecule has 0 amide bonds. The number of rotatable bonds is 6. The van der Waals surface area contributed by atoms with Crippen LogP contribution in [0.25, 0.3) is 0 Å². The van der Waals surface area contributed by atoms with Crippen LogP contribution in [-0.4, -0.2) is 24.9 Å². The van der Waals surface area contributed by atoms with Crippen molar-refractivity contribution in [1.82, 2.24) is 5.32 Å². The summed E-state index contributed by atoms with van der Waals surface area (Å²) < 4.78 is 30.0. The molecule has 1 unspecified atom stereocenters. The Morgan fingerprint density at radius 2 is 2.00 bits per heavy atom. The monoisotopic (exact) mass is 195 g/mol. The summed E-state index contributed by atoms with van der Waals surface area (Å²) in [5, 5.41) is 1.97. The smallest absolute Gasteiger partial charge is 0.281 e. The molecule has 0 bridgehead atoms. The van der Waals surface area contributed by atoms with Gasteiger partial charge < -0.3 is 0 Å². The Balaban J connectivity index is 3.85. The third-order valence-electron chi connectivity index (χ3n) is 1.63. The first kappa shape index (κ1) is 11.9. The van der Waals surface area contributed by atoms with Crippen LogP contribution in [0.3, 0.4) is 0 Å². The van der Waals surface area contributed by atoms with Crippen LogP contribution in [0.1, 0.15) is 33.1 Å². The van der Waals surface area contributed by atoms with Crippen molar-refractivity contribution in [3.63, 3.8) is 0 Å². The molecule has 2 N–H and O–H groups in total. The lowest BCUT2D eigenvalue weighted by molar-refractivity contribution is 0.444. The molecule has 0 aliphatic rings. The molecule has 0 saturated heterocycles. The average molecular weight is 195 g/mol. The SMILES string of the molecule is CCCCNC(CC)S(=O)(=O)O. The quantitative estimate of drug-likeness (QED) is 0.490. The van der Waals surface area contributed by atoms with Crippen molar-refractivity contribution in [3.05, 3.63) is 0 Å². The van der Waals surface area contributed by atoms with E-state index in [4.69, 9.17) is 4.55 Å². The van der Waals surface area contributed by atoms with E-state index in [0.29, 0.717) is 13.0 Å². The lowest BCUT2D eigenvalue weighted by Crippen LogP contribution is -2.36. The Labute approximate surface area is 74.1 Å². The summed E-state index contributed by atoms with van der Waals surface area (Å²) in [6.07, 6.45) is 2.32. The van der Waals surface area contributed by atoms with E-state index < -0.39 is 15.5 Å². The summed E-state index contributed by atoms with van der Waals surface area (Å²) in [5.74, 6) is 0. The summed E-state index contributed by atoms with van der Waals surface area (Å²) in [4.78, 5) is 0. The minimum Gasteiger partial charge on any atom is -0.299 e. The van der Waals surface area contributed by atoms with Gasteiger partial charge in [-0.25, -0.2) is 0 Å². The molecule has 0 aromatic rings. The van der Waals surface area contributed by atoms with Gasteiger partial charge in [-0.1, -0.05) is 20.3 Å². The zero-order valence-corrected chi connectivity index (χ0v) is 8.39. The molecule has 0 aliphatic carbocycles. The van der Waals surface area contributed by atoms with Crippen molar-refractivity contribution in [2.45, 2.75) is 38.5 Å². The first-order valence-electron chi connectivity index (χ1n) is 4.22. The number of unbranched alkanes of at least 4 members (excludes halogenated alkanes) is 1. The van der Waals surface area contributed by atoms with Crippen molar-refractivity contribution in [3.8, 4) is 0 Å². The summed E-state index contributed by atoms with van der Waals surface area (Å²) in [5.41, 5.74) is 0. The Hall–Kier alpha value is -0.130. The van der Waals surface area contributed by atoms with Gasteiger partial charge >= 0.3 is 0 Å². The van der Waals surface area contributed by atoms with Crippen LogP contribution in [0.4, 0.5) is 0 Å². The van der Waals surface area contributed by atoms with E-state index in [1.807, 2.05) is 6.92 Å². The molecule has 1 atom stereocenters. The first-order chi connectivity index (χ1) is 5.52. The Morgan fingerprint density at radius 3 is 2.33 bits per heavy atom. The molecule has 74 valence electrons. The van der Waals surface area contributed by atoms with Gasteiger partial charge in [0.15, 0.2) is 0 Å². The Kier molecular flexibility index (Phi) is 5.44. The topological polar surface area (TPSA) is 66.4 Å². The van der Waals surface area contributed by atoms with Crippen LogP contribution in [0, 0.1) is 0 Å². The van der Waals surface area contributed by atoms with Crippen LogP contribution in [0.15, 0.2) is 0 Å². The first-order valence-corrected chi connectivity index (χ1v) is 5.72. The molecule has 0 saturated carbocycles. The number of hydrogen-bond acceptors (Lipinski definition) is 3.